The fourth-order valence-electron chi connectivity index (χ4n) is 6.47. The van der Waals surface area contributed by atoms with Gasteiger partial charge < -0.3 is 24.1 Å². The van der Waals surface area contributed by atoms with E-state index >= 15 is 0 Å². The number of halogens is 2. The number of benzene rings is 2. The molecule has 2 saturated heterocycles. The number of anilines is 1. The molecule has 1 N–H and O–H groups in total. The third kappa shape index (κ3) is 4.74. The van der Waals surface area contributed by atoms with E-state index in [0.29, 0.717) is 44.8 Å². The summed E-state index contributed by atoms with van der Waals surface area (Å²) in [7, 11) is 0. The molecule has 202 valence electrons. The summed E-state index contributed by atoms with van der Waals surface area (Å²) in [5, 5.41) is 10.6. The fourth-order valence-corrected chi connectivity index (χ4v) is 7.03. The minimum atomic E-state index is -0.658. The molecule has 2 aliphatic heterocycles. The number of carboxylic acids is 1. The van der Waals surface area contributed by atoms with Crippen molar-refractivity contribution in [3.05, 3.63) is 52.3 Å². The van der Waals surface area contributed by atoms with Crippen LogP contribution in [0.3, 0.4) is 0 Å². The predicted octanol–water partition coefficient (Wildman–Crippen LogP) is 6.68. The Bertz CT molecular complexity index is 1350. The Balaban J connectivity index is 1.11. The van der Waals surface area contributed by atoms with Gasteiger partial charge in [0.2, 0.25) is 0 Å². The van der Waals surface area contributed by atoms with Gasteiger partial charge in [0.05, 0.1) is 5.41 Å². The summed E-state index contributed by atoms with van der Waals surface area (Å²) < 4.78 is 12.0. The number of carboxylic acid groups (broad SMARTS) is 1. The van der Waals surface area contributed by atoms with Crippen molar-refractivity contribution in [2.75, 3.05) is 31.1 Å². The number of carbonyl (C=O) groups is 1. The van der Waals surface area contributed by atoms with Crippen molar-refractivity contribution < 1.29 is 19.1 Å². The van der Waals surface area contributed by atoms with E-state index in [9.17, 15) is 9.90 Å². The number of hydrogen-bond donors (Lipinski definition) is 1. The molecule has 38 heavy (non-hydrogen) atoms. The van der Waals surface area contributed by atoms with Crippen LogP contribution in [0.5, 0.6) is 5.75 Å². The molecule has 9 heteroatoms. The minimum absolute atomic E-state index is 0.290. The number of nitrogens with zero attached hydrogens (tertiary/aromatic N) is 3. The molecule has 3 aromatic rings. The topological polar surface area (TPSA) is 79.0 Å². The van der Waals surface area contributed by atoms with Gasteiger partial charge in [0.1, 0.15) is 6.10 Å². The molecule has 6 rings (SSSR count). The van der Waals surface area contributed by atoms with Crippen molar-refractivity contribution in [3.8, 4) is 5.75 Å². The van der Waals surface area contributed by atoms with Crippen LogP contribution in [0.4, 0.5) is 5.69 Å². The Kier molecular flexibility index (Phi) is 6.73. The highest BCUT2D eigenvalue weighted by Gasteiger charge is 2.49. The van der Waals surface area contributed by atoms with Gasteiger partial charge in [-0.15, -0.1) is 0 Å². The largest absolute Gasteiger partial charge is 0.483 e. The van der Waals surface area contributed by atoms with Gasteiger partial charge in [0, 0.05) is 59.1 Å². The van der Waals surface area contributed by atoms with Gasteiger partial charge in [-0.2, -0.15) is 0 Å². The highest BCUT2D eigenvalue weighted by molar-refractivity contribution is 6.35. The maximum atomic E-state index is 11.5. The number of rotatable bonds is 7. The Morgan fingerprint density at radius 3 is 2.71 bits per heavy atom. The molecule has 1 saturated carbocycles. The number of piperidine rings is 1. The normalized spacial score (nSPS) is 27.1. The molecule has 0 bridgehead atoms. The second-order valence-electron chi connectivity index (χ2n) is 11.6. The summed E-state index contributed by atoms with van der Waals surface area (Å²) in [5.41, 5.74) is 2.78. The van der Waals surface area contributed by atoms with E-state index < -0.39 is 11.4 Å². The second-order valence-corrected chi connectivity index (χ2v) is 12.4. The zero-order valence-electron chi connectivity index (χ0n) is 21.7. The Morgan fingerprint density at radius 2 is 1.97 bits per heavy atom. The van der Waals surface area contributed by atoms with Crippen molar-refractivity contribution in [2.24, 2.45) is 17.3 Å². The summed E-state index contributed by atoms with van der Waals surface area (Å²) >= 11 is 12.5. The van der Waals surface area contributed by atoms with Crippen LogP contribution in [0.15, 0.2) is 41.1 Å². The van der Waals surface area contributed by atoms with E-state index in [1.807, 2.05) is 32.0 Å². The lowest BCUT2D eigenvalue weighted by Crippen LogP contribution is -2.58. The summed E-state index contributed by atoms with van der Waals surface area (Å²) in [6, 6.07) is 9.93. The van der Waals surface area contributed by atoms with Crippen molar-refractivity contribution in [2.45, 2.75) is 51.7 Å². The molecule has 0 amide bonds. The van der Waals surface area contributed by atoms with Crippen LogP contribution in [0.1, 0.15) is 51.2 Å². The molecule has 3 heterocycles. The van der Waals surface area contributed by atoms with E-state index in [0.717, 1.165) is 50.3 Å². The van der Waals surface area contributed by atoms with Crippen molar-refractivity contribution >= 4 is 46.0 Å². The summed E-state index contributed by atoms with van der Waals surface area (Å²) in [5.74, 6) is 1.29. The van der Waals surface area contributed by atoms with Gasteiger partial charge in [-0.3, -0.25) is 4.79 Å². The lowest BCUT2D eigenvalue weighted by molar-refractivity contribution is -0.158. The van der Waals surface area contributed by atoms with Crippen LogP contribution in [0.2, 0.25) is 10.0 Å². The first-order valence-electron chi connectivity index (χ1n) is 13.4. The van der Waals surface area contributed by atoms with Crippen molar-refractivity contribution in [3.63, 3.8) is 0 Å². The average molecular weight is 559 g/mol. The van der Waals surface area contributed by atoms with Gasteiger partial charge >= 0.3 is 5.97 Å². The first-order valence-corrected chi connectivity index (χ1v) is 14.2. The lowest BCUT2D eigenvalue weighted by Gasteiger charge is -2.52. The third-order valence-corrected chi connectivity index (χ3v) is 9.49. The Morgan fingerprint density at radius 1 is 1.18 bits per heavy atom. The molecule has 0 unspecified atom stereocenters. The quantitative estimate of drug-likeness (QED) is 0.347. The van der Waals surface area contributed by atoms with Crippen molar-refractivity contribution in [1.82, 2.24) is 9.88 Å². The van der Waals surface area contributed by atoms with Crippen LogP contribution < -0.4 is 9.64 Å². The first-order chi connectivity index (χ1) is 18.2. The average Bonchev–Trinajstić information content (AvgIpc) is 3.30. The maximum Gasteiger partial charge on any atom is 0.309 e. The van der Waals surface area contributed by atoms with Crippen LogP contribution in [0.25, 0.3) is 11.1 Å². The number of aromatic nitrogens is 1. The molecule has 7 nitrogen and oxygen atoms in total. The molecule has 2 atom stereocenters. The molecule has 1 aliphatic carbocycles. The molecule has 0 radical (unpaired) electrons. The van der Waals surface area contributed by atoms with Crippen LogP contribution in [-0.4, -0.2) is 53.2 Å². The second kappa shape index (κ2) is 9.92. The third-order valence-electron chi connectivity index (χ3n) is 8.93. The molecular formula is C29H33Cl2N3O4. The number of oxazole rings is 1. The van der Waals surface area contributed by atoms with E-state index in [1.165, 1.54) is 19.2 Å². The van der Waals surface area contributed by atoms with Crippen LogP contribution in [-0.2, 0) is 4.79 Å². The van der Waals surface area contributed by atoms with Crippen molar-refractivity contribution in [1.29, 1.82) is 0 Å². The number of fused-ring (bicyclic) bond motifs is 1. The number of aliphatic carboxylic acids is 1. The number of ether oxygens (including phenoxy) is 1. The van der Waals surface area contributed by atoms with Crippen LogP contribution >= 0.6 is 23.2 Å². The Labute approximate surface area is 232 Å². The fraction of sp³-hybridized carbons (Fsp3) is 0.517. The van der Waals surface area contributed by atoms with E-state index in [1.54, 1.807) is 6.07 Å². The molecule has 1 aromatic heterocycles. The minimum Gasteiger partial charge on any atom is -0.483 e. The standard InChI is InChI=1S/C29H33Cl2N3O4/c1-17(23-6-5-20(30)8-24(23)31)38-26-10-21(9-25-27(26)32-16-37-25)34-14-19(15-34)18-4-3-7-33(13-18)22-11-29(2,12-22)28(35)36/h5-6,8-10,16-19,22H,3-4,7,11-15H2,1-2H3,(H,35,36)/t17-,18+,22?,29?/m1/s1. The zero-order chi connectivity index (χ0) is 26.6. The highest BCUT2D eigenvalue weighted by Crippen LogP contribution is 2.46. The SMILES string of the molecule is C[C@@H](Oc1cc(N2CC([C@H]3CCCN(C4CC(C)(C(=O)O)C4)C3)C2)cc2ocnc12)c1ccc(Cl)cc1Cl. The van der Waals surface area contributed by atoms with E-state index in [4.69, 9.17) is 32.4 Å². The lowest BCUT2D eigenvalue weighted by atomic mass is 9.65. The molecule has 0 spiro atoms. The first kappa shape index (κ1) is 25.8. The van der Waals surface area contributed by atoms with E-state index in [-0.39, 0.29) is 6.10 Å². The maximum absolute atomic E-state index is 11.5. The molecule has 2 aromatic carbocycles. The van der Waals surface area contributed by atoms with E-state index in [2.05, 4.69) is 20.9 Å². The molecule has 3 fully saturated rings. The van der Waals surface area contributed by atoms with Gasteiger partial charge in [0.15, 0.2) is 23.2 Å². The smallest absolute Gasteiger partial charge is 0.309 e. The number of likely N-dealkylation sites (tertiary alicyclic amines) is 1. The summed E-state index contributed by atoms with van der Waals surface area (Å²) in [4.78, 5) is 20.8. The monoisotopic (exact) mass is 557 g/mol. The Hall–Kier alpha value is -2.48. The van der Waals surface area contributed by atoms with Crippen LogP contribution in [0, 0.1) is 17.3 Å². The number of hydrogen-bond acceptors (Lipinski definition) is 6. The predicted molar refractivity (Wildman–Crippen MR) is 148 cm³/mol. The molecular weight excluding hydrogens is 525 g/mol. The van der Waals surface area contributed by atoms with Gasteiger partial charge in [-0.1, -0.05) is 29.3 Å². The van der Waals surface area contributed by atoms with Gasteiger partial charge in [-0.25, -0.2) is 4.98 Å². The zero-order valence-corrected chi connectivity index (χ0v) is 23.2. The highest BCUT2D eigenvalue weighted by atomic mass is 35.5. The molecule has 3 aliphatic rings. The summed E-state index contributed by atoms with van der Waals surface area (Å²) in [6.07, 6.45) is 5.13. The van der Waals surface area contributed by atoms with Gasteiger partial charge in [-0.05, 0) is 70.0 Å². The summed E-state index contributed by atoms with van der Waals surface area (Å²) in [6.45, 7) is 8.00. The van der Waals surface area contributed by atoms with Gasteiger partial charge in [0.25, 0.3) is 0 Å².